The maximum absolute atomic E-state index is 13.3. The molecule has 1 aliphatic rings. The van der Waals surface area contributed by atoms with Gasteiger partial charge in [0.1, 0.15) is 11.5 Å². The van der Waals surface area contributed by atoms with E-state index in [-0.39, 0.29) is 23.8 Å². The molecule has 1 heterocycles. The molecule has 9 heteroatoms. The average molecular weight is 456 g/mol. The number of ether oxygens (including phenoxy) is 2. The topological polar surface area (TPSA) is 76.7 Å². The molecule has 1 aliphatic heterocycles. The number of carbonyl (C=O) groups is 2. The molecular weight excluding hydrogens is 437 g/mol. The largest absolute Gasteiger partial charge is 0.497 e. The molecule has 170 valence electrons. The maximum Gasteiger partial charge on any atom is 0.416 e. The van der Waals surface area contributed by atoms with Gasteiger partial charge >= 0.3 is 6.18 Å². The number of para-hydroxylation sites is 1. The summed E-state index contributed by atoms with van der Waals surface area (Å²) in [5.41, 5.74) is -0.0404. The van der Waals surface area contributed by atoms with Gasteiger partial charge in [-0.2, -0.15) is 13.2 Å². The Labute approximate surface area is 187 Å². The minimum Gasteiger partial charge on any atom is -0.497 e. The monoisotopic (exact) mass is 456 g/mol. The summed E-state index contributed by atoms with van der Waals surface area (Å²) < 4.78 is 50.9. The molecule has 0 aromatic heterocycles. The molecule has 6 nitrogen and oxygen atoms in total. The molecule has 0 unspecified atom stereocenters. The van der Waals surface area contributed by atoms with Crippen molar-refractivity contribution in [1.82, 2.24) is 0 Å². The first-order valence-electron chi connectivity index (χ1n) is 9.97. The minimum absolute atomic E-state index is 0.0122. The van der Waals surface area contributed by atoms with Crippen molar-refractivity contribution in [3.8, 4) is 17.2 Å². The lowest BCUT2D eigenvalue weighted by Gasteiger charge is -2.25. The lowest BCUT2D eigenvalue weighted by atomic mass is 9.89. The Balaban J connectivity index is 1.68. The summed E-state index contributed by atoms with van der Waals surface area (Å²) in [4.78, 5) is 25.2. The molecule has 0 saturated heterocycles. The maximum atomic E-state index is 13.3. The number of carbonyl (C=O) groups excluding carboxylic acids is 2. The zero-order valence-corrected chi connectivity index (χ0v) is 17.4. The van der Waals surface area contributed by atoms with E-state index in [2.05, 4.69) is 10.6 Å². The number of rotatable bonds is 5. The molecule has 3 aromatic carbocycles. The molecular formula is C24H19F3N2O4. The Hall–Kier alpha value is -4.01. The van der Waals surface area contributed by atoms with Crippen molar-refractivity contribution in [2.45, 2.75) is 18.5 Å². The predicted octanol–water partition coefficient (Wildman–Crippen LogP) is 5.57. The smallest absolute Gasteiger partial charge is 0.416 e. The van der Waals surface area contributed by atoms with Crippen molar-refractivity contribution in [2.75, 3.05) is 17.7 Å². The van der Waals surface area contributed by atoms with Crippen LogP contribution in [0.1, 0.15) is 23.5 Å². The van der Waals surface area contributed by atoms with Gasteiger partial charge in [0.15, 0.2) is 5.75 Å². The number of fused-ring (bicyclic) bond motifs is 1. The fourth-order valence-corrected chi connectivity index (χ4v) is 3.55. The van der Waals surface area contributed by atoms with Crippen LogP contribution in [0.4, 0.5) is 24.5 Å². The molecule has 4 rings (SSSR count). The fourth-order valence-electron chi connectivity index (χ4n) is 3.55. The van der Waals surface area contributed by atoms with Gasteiger partial charge in [-0.15, -0.1) is 0 Å². The zero-order chi connectivity index (χ0) is 23.6. The van der Waals surface area contributed by atoms with Crippen LogP contribution in [0.2, 0.25) is 0 Å². The molecule has 1 atom stereocenters. The second-order valence-corrected chi connectivity index (χ2v) is 7.37. The molecule has 0 saturated carbocycles. The molecule has 3 aromatic rings. The average Bonchev–Trinajstić information content (AvgIpc) is 2.79. The number of methoxy groups -OCH3 is 1. The molecule has 0 bridgehead atoms. The van der Waals surface area contributed by atoms with Crippen LogP contribution in [0.5, 0.6) is 17.2 Å². The van der Waals surface area contributed by atoms with Crippen LogP contribution in [-0.4, -0.2) is 18.9 Å². The zero-order valence-electron chi connectivity index (χ0n) is 17.4. The summed E-state index contributed by atoms with van der Waals surface area (Å²) in [7, 11) is 1.47. The summed E-state index contributed by atoms with van der Waals surface area (Å²) in [6, 6.07) is 16.1. The van der Waals surface area contributed by atoms with E-state index in [0.717, 1.165) is 18.2 Å². The van der Waals surface area contributed by atoms with Crippen LogP contribution in [0.15, 0.2) is 66.7 Å². The van der Waals surface area contributed by atoms with Crippen molar-refractivity contribution in [2.24, 2.45) is 0 Å². The summed E-state index contributed by atoms with van der Waals surface area (Å²) in [5, 5.41) is 5.22. The molecule has 2 N–H and O–H groups in total. The van der Waals surface area contributed by atoms with Gasteiger partial charge < -0.3 is 20.1 Å². The first-order chi connectivity index (χ1) is 15.7. The minimum atomic E-state index is -4.62. The number of benzene rings is 3. The Kier molecular flexibility index (Phi) is 5.95. The van der Waals surface area contributed by atoms with Gasteiger partial charge in [0.25, 0.3) is 0 Å². The van der Waals surface area contributed by atoms with Crippen LogP contribution < -0.4 is 20.1 Å². The predicted molar refractivity (Wildman–Crippen MR) is 116 cm³/mol. The van der Waals surface area contributed by atoms with E-state index in [1.54, 1.807) is 48.5 Å². The van der Waals surface area contributed by atoms with Gasteiger partial charge in [-0.05, 0) is 42.0 Å². The third kappa shape index (κ3) is 4.92. The highest BCUT2D eigenvalue weighted by Gasteiger charge is 2.33. The van der Waals surface area contributed by atoms with Crippen molar-refractivity contribution >= 4 is 23.2 Å². The second kappa shape index (κ2) is 8.85. The van der Waals surface area contributed by atoms with Gasteiger partial charge in [-0.1, -0.05) is 24.3 Å². The van der Waals surface area contributed by atoms with E-state index in [9.17, 15) is 22.8 Å². The normalized spacial score (nSPS) is 15.3. The molecule has 0 fully saturated rings. The summed E-state index contributed by atoms with van der Waals surface area (Å²) in [5.74, 6) is -1.02. The molecule has 0 aliphatic carbocycles. The fraction of sp³-hybridized carbons (Fsp3) is 0.167. The number of anilines is 2. The summed E-state index contributed by atoms with van der Waals surface area (Å²) in [6.07, 6.45) is -4.75. The molecule has 2 amide bonds. The Morgan fingerprint density at radius 1 is 1.03 bits per heavy atom. The molecule has 0 spiro atoms. The van der Waals surface area contributed by atoms with Gasteiger partial charge in [-0.25, -0.2) is 0 Å². The molecule has 33 heavy (non-hydrogen) atoms. The Bertz CT molecular complexity index is 1210. The second-order valence-electron chi connectivity index (χ2n) is 7.37. The van der Waals surface area contributed by atoms with Crippen LogP contribution in [0.3, 0.4) is 0 Å². The quantitative estimate of drug-likeness (QED) is 0.526. The van der Waals surface area contributed by atoms with Crippen LogP contribution in [-0.2, 0) is 15.8 Å². The summed E-state index contributed by atoms with van der Waals surface area (Å²) in [6.45, 7) is 0. The van der Waals surface area contributed by atoms with Crippen LogP contribution in [0, 0.1) is 0 Å². The number of hydrogen-bond acceptors (Lipinski definition) is 4. The van der Waals surface area contributed by atoms with Gasteiger partial charge in [0.2, 0.25) is 11.8 Å². The van der Waals surface area contributed by atoms with E-state index in [4.69, 9.17) is 9.47 Å². The van der Waals surface area contributed by atoms with Gasteiger partial charge in [-0.3, -0.25) is 9.59 Å². The Morgan fingerprint density at radius 3 is 2.55 bits per heavy atom. The highest BCUT2D eigenvalue weighted by atomic mass is 19.4. The van der Waals surface area contributed by atoms with Crippen molar-refractivity contribution in [1.29, 1.82) is 0 Å². The van der Waals surface area contributed by atoms with Gasteiger partial charge in [0, 0.05) is 18.2 Å². The Morgan fingerprint density at radius 2 is 1.79 bits per heavy atom. The highest BCUT2D eigenvalue weighted by molar-refractivity contribution is 6.05. The lowest BCUT2D eigenvalue weighted by Crippen LogP contribution is -2.30. The van der Waals surface area contributed by atoms with Crippen LogP contribution in [0.25, 0.3) is 0 Å². The lowest BCUT2D eigenvalue weighted by molar-refractivity contribution is -0.137. The third-order valence-electron chi connectivity index (χ3n) is 5.15. The third-order valence-corrected chi connectivity index (χ3v) is 5.15. The van der Waals surface area contributed by atoms with Crippen LogP contribution >= 0.6 is 0 Å². The first kappa shape index (κ1) is 22.2. The number of nitrogens with one attached hydrogen (secondary N) is 2. The van der Waals surface area contributed by atoms with Crippen molar-refractivity contribution in [3.63, 3.8) is 0 Å². The van der Waals surface area contributed by atoms with Crippen molar-refractivity contribution in [3.05, 3.63) is 77.9 Å². The number of amides is 2. The molecule has 0 radical (unpaired) electrons. The first-order valence-corrected chi connectivity index (χ1v) is 9.97. The van der Waals surface area contributed by atoms with E-state index >= 15 is 0 Å². The van der Waals surface area contributed by atoms with Crippen molar-refractivity contribution < 1.29 is 32.2 Å². The number of alkyl halides is 3. The van der Waals surface area contributed by atoms with E-state index in [1.807, 2.05) is 0 Å². The van der Waals surface area contributed by atoms with E-state index in [0.29, 0.717) is 22.7 Å². The standard InChI is InChI=1S/C24H19F3N2O4/c1-32-15-5-4-6-16(12-15)33-21-10-9-14(24(25,26)27)11-20(21)29-23(31)18-13-22(30)28-19-8-3-2-7-17(18)19/h2-12,18H,13H2,1H3,(H,28,30)(H,29,31)/t18-/m0/s1. The van der Waals surface area contributed by atoms with Gasteiger partial charge in [0.05, 0.1) is 24.3 Å². The summed E-state index contributed by atoms with van der Waals surface area (Å²) >= 11 is 0. The SMILES string of the molecule is COc1cccc(Oc2ccc(C(F)(F)F)cc2NC(=O)[C@H]2CC(=O)Nc3ccccc32)c1. The highest BCUT2D eigenvalue weighted by Crippen LogP contribution is 2.39. The van der Waals surface area contributed by atoms with E-state index < -0.39 is 23.6 Å². The van der Waals surface area contributed by atoms with E-state index in [1.165, 1.54) is 7.11 Å². The number of halogens is 3. The number of hydrogen-bond donors (Lipinski definition) is 2.